The lowest BCUT2D eigenvalue weighted by atomic mass is 9.62. The van der Waals surface area contributed by atoms with Crippen LogP contribution in [0.2, 0.25) is 0 Å². The molecule has 3 amide bonds. The van der Waals surface area contributed by atoms with E-state index < -0.39 is 40.7 Å². The molecule has 0 saturated carbocycles. The fraction of sp³-hybridized carbons (Fsp3) is 0.893. The van der Waals surface area contributed by atoms with Crippen LogP contribution in [0, 0.1) is 29.1 Å². The average Bonchev–Trinajstić information content (AvgIpc) is 3.21. The van der Waals surface area contributed by atoms with Gasteiger partial charge in [-0.1, -0.05) is 48.5 Å². The number of aliphatic hydroxyl groups excluding tert-OH is 1. The molecule has 3 saturated heterocycles. The van der Waals surface area contributed by atoms with Crippen molar-refractivity contribution in [2.75, 3.05) is 13.2 Å². The lowest BCUT2D eigenvalue weighted by molar-refractivity contribution is -0.152. The molecule has 3 unspecified atom stereocenters. The van der Waals surface area contributed by atoms with Gasteiger partial charge in [0.2, 0.25) is 17.7 Å². The predicted octanol–water partition coefficient (Wildman–Crippen LogP) is 2.87. The third kappa shape index (κ3) is 4.68. The Hall–Kier alpha value is -1.67. The van der Waals surface area contributed by atoms with E-state index in [0.717, 1.165) is 12.8 Å². The largest absolute Gasteiger partial charge is 0.394 e. The first-order chi connectivity index (χ1) is 16.5. The third-order valence-electron chi connectivity index (χ3n) is 8.58. The zero-order valence-corrected chi connectivity index (χ0v) is 24.0. The van der Waals surface area contributed by atoms with Gasteiger partial charge in [0.15, 0.2) is 0 Å². The third-order valence-corrected chi connectivity index (χ3v) is 8.58. The maximum atomic E-state index is 14.2. The summed E-state index contributed by atoms with van der Waals surface area (Å²) in [4.78, 5) is 43.4. The van der Waals surface area contributed by atoms with E-state index in [1.54, 1.807) is 4.90 Å². The number of hydrogen-bond acceptors (Lipinski definition) is 5. The second-order valence-corrected chi connectivity index (χ2v) is 13.8. The normalized spacial score (nSPS) is 34.8. The second kappa shape index (κ2) is 9.57. The SMILES string of the molecule is CCCNC(=O)[C@H]1[C@H]2C(=O)N([C@@H](CO)C(C)C)C(C(=O)NC(C)(C)CC(C)(C)C)C23CC(C)[C@]1(C)O3. The standard InChI is InChI=1S/C28H49N3O5/c1-11-12-29-22(33)19-20-24(35)31(18(14-32)16(2)3)21(28(20)13-17(4)27(19,10)36-28)23(34)30-26(8,9)15-25(5,6)7/h16-21,32H,11-15H2,1-10H3,(H,29,33)(H,30,34)/t17?,18-,19+,20-,21?,27-,28?/m0/s1. The van der Waals surface area contributed by atoms with Crippen molar-refractivity contribution in [3.63, 3.8) is 0 Å². The predicted molar refractivity (Wildman–Crippen MR) is 139 cm³/mol. The summed E-state index contributed by atoms with van der Waals surface area (Å²) in [6.07, 6.45) is 2.05. The minimum absolute atomic E-state index is 0.0108. The van der Waals surface area contributed by atoms with Crippen molar-refractivity contribution in [1.29, 1.82) is 0 Å². The van der Waals surface area contributed by atoms with Crippen LogP contribution < -0.4 is 10.6 Å². The van der Waals surface area contributed by atoms with Gasteiger partial charge in [-0.3, -0.25) is 14.4 Å². The molecule has 0 radical (unpaired) electrons. The summed E-state index contributed by atoms with van der Waals surface area (Å²) in [7, 11) is 0. The smallest absolute Gasteiger partial charge is 0.246 e. The molecule has 2 bridgehead atoms. The fourth-order valence-corrected chi connectivity index (χ4v) is 7.48. The van der Waals surface area contributed by atoms with E-state index in [-0.39, 0.29) is 41.6 Å². The molecule has 8 heteroatoms. The Kier molecular flexibility index (Phi) is 7.68. The van der Waals surface area contributed by atoms with E-state index >= 15 is 0 Å². The Morgan fingerprint density at radius 1 is 1.19 bits per heavy atom. The van der Waals surface area contributed by atoms with Gasteiger partial charge in [-0.2, -0.15) is 0 Å². The molecule has 7 atom stereocenters. The summed E-state index contributed by atoms with van der Waals surface area (Å²) in [6.45, 7) is 20.5. The van der Waals surface area contributed by atoms with Gasteiger partial charge in [0.1, 0.15) is 11.6 Å². The Morgan fingerprint density at radius 3 is 2.31 bits per heavy atom. The summed E-state index contributed by atoms with van der Waals surface area (Å²) in [6, 6.07) is -1.47. The molecule has 0 aliphatic carbocycles. The van der Waals surface area contributed by atoms with Gasteiger partial charge in [0.25, 0.3) is 0 Å². The number of hydrogen-bond donors (Lipinski definition) is 3. The maximum Gasteiger partial charge on any atom is 0.246 e. The van der Waals surface area contributed by atoms with Crippen molar-refractivity contribution in [1.82, 2.24) is 15.5 Å². The van der Waals surface area contributed by atoms with Gasteiger partial charge in [-0.25, -0.2) is 0 Å². The maximum absolute atomic E-state index is 14.2. The van der Waals surface area contributed by atoms with Crippen LogP contribution in [0.5, 0.6) is 0 Å². The molecule has 36 heavy (non-hydrogen) atoms. The molecule has 3 aliphatic heterocycles. The molecule has 206 valence electrons. The number of rotatable bonds is 9. The van der Waals surface area contributed by atoms with Gasteiger partial charge in [0.05, 0.1) is 30.1 Å². The van der Waals surface area contributed by atoms with Gasteiger partial charge in [0, 0.05) is 12.1 Å². The molecular weight excluding hydrogens is 458 g/mol. The Labute approximate surface area is 217 Å². The number of aliphatic hydroxyl groups is 1. The molecule has 3 rings (SSSR count). The first kappa shape index (κ1) is 28.9. The van der Waals surface area contributed by atoms with Gasteiger partial charge in [-0.15, -0.1) is 0 Å². The number of nitrogens with zero attached hydrogens (tertiary/aromatic N) is 1. The zero-order valence-electron chi connectivity index (χ0n) is 24.0. The van der Waals surface area contributed by atoms with Crippen molar-refractivity contribution < 1.29 is 24.2 Å². The first-order valence-corrected chi connectivity index (χ1v) is 13.7. The van der Waals surface area contributed by atoms with Crippen molar-refractivity contribution in [3.8, 4) is 0 Å². The van der Waals surface area contributed by atoms with E-state index in [4.69, 9.17) is 4.74 Å². The topological polar surface area (TPSA) is 108 Å². The minimum Gasteiger partial charge on any atom is -0.394 e. The number of carbonyl (C=O) groups is 3. The van der Waals surface area contributed by atoms with Crippen molar-refractivity contribution >= 4 is 17.7 Å². The van der Waals surface area contributed by atoms with Crippen LogP contribution in [0.15, 0.2) is 0 Å². The zero-order chi connectivity index (χ0) is 27.4. The Morgan fingerprint density at radius 2 is 1.81 bits per heavy atom. The summed E-state index contributed by atoms with van der Waals surface area (Å²) in [5, 5.41) is 16.5. The highest BCUT2D eigenvalue weighted by Gasteiger charge is 2.80. The molecule has 8 nitrogen and oxygen atoms in total. The van der Waals surface area contributed by atoms with Crippen LogP contribution in [0.4, 0.5) is 0 Å². The molecule has 0 aromatic rings. The summed E-state index contributed by atoms with van der Waals surface area (Å²) in [5.41, 5.74) is -2.48. The van der Waals surface area contributed by atoms with E-state index in [9.17, 15) is 19.5 Å². The van der Waals surface area contributed by atoms with Crippen LogP contribution >= 0.6 is 0 Å². The Bertz CT molecular complexity index is 881. The quantitative estimate of drug-likeness (QED) is 0.445. The highest BCUT2D eigenvalue weighted by molar-refractivity contribution is 5.99. The van der Waals surface area contributed by atoms with Crippen molar-refractivity contribution in [2.24, 2.45) is 29.1 Å². The average molecular weight is 508 g/mol. The fourth-order valence-electron chi connectivity index (χ4n) is 7.48. The van der Waals surface area contributed by atoms with E-state index in [1.807, 2.05) is 48.5 Å². The van der Waals surface area contributed by atoms with Crippen LogP contribution in [0.25, 0.3) is 0 Å². The van der Waals surface area contributed by atoms with Gasteiger partial charge in [-0.05, 0) is 57.3 Å². The minimum atomic E-state index is -1.11. The monoisotopic (exact) mass is 507 g/mol. The summed E-state index contributed by atoms with van der Waals surface area (Å²) in [5.74, 6) is -2.26. The molecule has 1 spiro atoms. The first-order valence-electron chi connectivity index (χ1n) is 13.7. The molecule has 3 fully saturated rings. The highest BCUT2D eigenvalue weighted by atomic mass is 16.5. The Balaban J connectivity index is 2.10. The van der Waals surface area contributed by atoms with Crippen LogP contribution in [0.3, 0.4) is 0 Å². The molecule has 0 aromatic heterocycles. The van der Waals surface area contributed by atoms with Gasteiger partial charge < -0.3 is 25.4 Å². The lowest BCUT2D eigenvalue weighted by Crippen LogP contribution is -2.62. The number of carbonyl (C=O) groups excluding carboxylic acids is 3. The number of likely N-dealkylation sites (tertiary alicyclic amines) is 1. The van der Waals surface area contributed by atoms with Crippen LogP contribution in [-0.2, 0) is 19.1 Å². The summed E-state index contributed by atoms with van der Waals surface area (Å²) >= 11 is 0. The lowest BCUT2D eigenvalue weighted by Gasteiger charge is -2.41. The summed E-state index contributed by atoms with van der Waals surface area (Å²) < 4.78 is 6.76. The number of ether oxygens (including phenoxy) is 1. The highest BCUT2D eigenvalue weighted by Crippen LogP contribution is 2.65. The molecule has 0 aromatic carbocycles. The van der Waals surface area contributed by atoms with Crippen LogP contribution in [-0.4, -0.2) is 69.7 Å². The number of fused-ring (bicyclic) bond motifs is 1. The molecule has 3 aliphatic rings. The number of nitrogens with one attached hydrogen (secondary N) is 2. The van der Waals surface area contributed by atoms with Gasteiger partial charge >= 0.3 is 0 Å². The van der Waals surface area contributed by atoms with E-state index in [0.29, 0.717) is 13.0 Å². The van der Waals surface area contributed by atoms with E-state index in [2.05, 4.69) is 31.4 Å². The van der Waals surface area contributed by atoms with Crippen molar-refractivity contribution in [3.05, 3.63) is 0 Å². The number of amides is 3. The van der Waals surface area contributed by atoms with E-state index in [1.165, 1.54) is 0 Å². The van der Waals surface area contributed by atoms with Crippen molar-refractivity contribution in [2.45, 2.75) is 117 Å². The molecule has 3 heterocycles. The second-order valence-electron chi connectivity index (χ2n) is 13.8. The molecular formula is C28H49N3O5. The van der Waals surface area contributed by atoms with Crippen LogP contribution in [0.1, 0.15) is 88.5 Å². The molecule has 3 N–H and O–H groups in total.